The smallest absolute Gasteiger partial charge is 0.218 e. The van der Waals surface area contributed by atoms with Crippen LogP contribution >= 0.6 is 11.6 Å². The fourth-order valence-electron chi connectivity index (χ4n) is 4.44. The van der Waals surface area contributed by atoms with Gasteiger partial charge in [0.15, 0.2) is 5.60 Å². The summed E-state index contributed by atoms with van der Waals surface area (Å²) < 4.78 is 7.40. The number of benzene rings is 2. The topological polar surface area (TPSA) is 73.1 Å². The Morgan fingerprint density at radius 1 is 1.03 bits per heavy atom. The molecule has 0 amide bonds. The van der Waals surface area contributed by atoms with Crippen molar-refractivity contribution >= 4 is 22.5 Å². The number of halogens is 1. The van der Waals surface area contributed by atoms with E-state index >= 15 is 0 Å². The van der Waals surface area contributed by atoms with Crippen LogP contribution in [0.4, 0.5) is 0 Å². The second-order valence-corrected chi connectivity index (χ2v) is 8.97. The molecule has 2 aromatic carbocycles. The van der Waals surface area contributed by atoms with Gasteiger partial charge in [0.25, 0.3) is 0 Å². The Morgan fingerprint density at radius 3 is 2.46 bits per heavy atom. The van der Waals surface area contributed by atoms with Gasteiger partial charge in [0.05, 0.1) is 35.9 Å². The molecule has 0 bridgehead atoms. The number of methoxy groups -OCH3 is 1. The van der Waals surface area contributed by atoms with Crippen molar-refractivity contribution < 1.29 is 9.84 Å². The number of rotatable bonds is 6. The van der Waals surface area contributed by atoms with Gasteiger partial charge in [-0.3, -0.25) is 4.98 Å². The molecular weight excluding hydrogens is 460 g/mol. The lowest BCUT2D eigenvalue weighted by atomic mass is 9.83. The molecule has 0 saturated carbocycles. The van der Waals surface area contributed by atoms with Crippen LogP contribution in [0.5, 0.6) is 5.88 Å². The molecule has 1 unspecified atom stereocenters. The molecule has 0 aliphatic rings. The Kier molecular flexibility index (Phi) is 6.01. The summed E-state index contributed by atoms with van der Waals surface area (Å²) in [6.07, 6.45) is 5.60. The predicted octanol–water partition coefficient (Wildman–Crippen LogP) is 5.21. The summed E-state index contributed by atoms with van der Waals surface area (Å²) in [5, 5.41) is 13.5. The van der Waals surface area contributed by atoms with E-state index in [1.165, 1.54) is 0 Å². The van der Waals surface area contributed by atoms with Crippen LogP contribution in [0, 0.1) is 6.92 Å². The number of nitrogens with zero attached hydrogens (tertiary/aromatic N) is 4. The van der Waals surface area contributed by atoms with Crippen LogP contribution in [-0.4, -0.2) is 31.7 Å². The van der Waals surface area contributed by atoms with Crippen LogP contribution in [-0.2, 0) is 19.1 Å². The van der Waals surface area contributed by atoms with E-state index in [-0.39, 0.29) is 0 Å². The maximum atomic E-state index is 12.3. The molecular formula is C28H25ClN4O2. The van der Waals surface area contributed by atoms with Gasteiger partial charge in [0.2, 0.25) is 5.88 Å². The van der Waals surface area contributed by atoms with Crippen molar-refractivity contribution in [3.05, 3.63) is 118 Å². The van der Waals surface area contributed by atoms with E-state index in [0.29, 0.717) is 39.7 Å². The molecule has 5 rings (SSSR count). The van der Waals surface area contributed by atoms with E-state index in [1.807, 2.05) is 74.6 Å². The number of imidazole rings is 1. The number of aryl methyl sites for hydroxylation is 2. The second-order valence-electron chi connectivity index (χ2n) is 8.60. The Balaban J connectivity index is 1.72. The minimum atomic E-state index is -1.50. The first-order valence-electron chi connectivity index (χ1n) is 11.2. The lowest BCUT2D eigenvalue weighted by molar-refractivity contribution is 0.117. The largest absolute Gasteiger partial charge is 0.481 e. The highest BCUT2D eigenvalue weighted by Gasteiger charge is 2.37. The Bertz CT molecular complexity index is 1500. The normalized spacial score (nSPS) is 13.1. The average molecular weight is 485 g/mol. The van der Waals surface area contributed by atoms with E-state index in [2.05, 4.69) is 9.97 Å². The molecule has 0 aliphatic heterocycles. The number of hydrogen-bond donors (Lipinski definition) is 1. The minimum Gasteiger partial charge on any atom is -0.481 e. The van der Waals surface area contributed by atoms with Gasteiger partial charge >= 0.3 is 0 Å². The monoisotopic (exact) mass is 484 g/mol. The van der Waals surface area contributed by atoms with Crippen molar-refractivity contribution in [1.29, 1.82) is 0 Å². The lowest BCUT2D eigenvalue weighted by Gasteiger charge is -2.30. The van der Waals surface area contributed by atoms with Crippen LogP contribution in [0.3, 0.4) is 0 Å². The van der Waals surface area contributed by atoms with E-state index < -0.39 is 5.60 Å². The first-order chi connectivity index (χ1) is 16.9. The molecule has 6 nitrogen and oxygen atoms in total. The second kappa shape index (κ2) is 9.13. The molecule has 3 heterocycles. The third-order valence-electron chi connectivity index (χ3n) is 6.33. The molecule has 0 radical (unpaired) electrons. The van der Waals surface area contributed by atoms with Gasteiger partial charge in [-0.05, 0) is 36.2 Å². The average Bonchev–Trinajstić information content (AvgIpc) is 3.32. The van der Waals surface area contributed by atoms with Gasteiger partial charge in [0.1, 0.15) is 0 Å². The van der Waals surface area contributed by atoms with Crippen molar-refractivity contribution in [1.82, 2.24) is 19.5 Å². The van der Waals surface area contributed by atoms with E-state index in [4.69, 9.17) is 21.3 Å². The maximum Gasteiger partial charge on any atom is 0.218 e. The van der Waals surface area contributed by atoms with Crippen molar-refractivity contribution in [2.75, 3.05) is 7.11 Å². The number of aromatic nitrogens is 4. The molecule has 7 heteroatoms. The maximum absolute atomic E-state index is 12.3. The van der Waals surface area contributed by atoms with Gasteiger partial charge < -0.3 is 14.4 Å². The van der Waals surface area contributed by atoms with E-state index in [9.17, 15) is 5.11 Å². The molecule has 0 saturated heterocycles. The van der Waals surface area contributed by atoms with Crippen molar-refractivity contribution in [2.24, 2.45) is 7.05 Å². The van der Waals surface area contributed by atoms with Gasteiger partial charge in [-0.25, -0.2) is 9.97 Å². The predicted molar refractivity (Wildman–Crippen MR) is 137 cm³/mol. The number of aliphatic hydroxyl groups is 1. The zero-order chi connectivity index (χ0) is 24.6. The Hall–Kier alpha value is -3.74. The molecule has 35 heavy (non-hydrogen) atoms. The SMILES string of the molecule is COc1nc2ccc(C(O)(c3ccc(C)nc3)c3cncn3C)cc2c(Cl)c1Cc1ccccc1. The first-order valence-corrected chi connectivity index (χ1v) is 11.6. The number of pyridine rings is 2. The molecule has 1 N–H and O–H groups in total. The number of hydrogen-bond acceptors (Lipinski definition) is 5. The van der Waals surface area contributed by atoms with Gasteiger partial charge in [0, 0.05) is 41.9 Å². The van der Waals surface area contributed by atoms with Crippen LogP contribution in [0.1, 0.15) is 33.6 Å². The number of ether oxygens (including phenoxy) is 1. The molecule has 3 aromatic heterocycles. The third kappa shape index (κ3) is 4.05. The summed E-state index contributed by atoms with van der Waals surface area (Å²) in [5.74, 6) is 0.490. The van der Waals surface area contributed by atoms with Crippen LogP contribution in [0.25, 0.3) is 10.9 Å². The molecule has 1 atom stereocenters. The van der Waals surface area contributed by atoms with E-state index in [0.717, 1.165) is 22.2 Å². The third-order valence-corrected chi connectivity index (χ3v) is 6.76. The highest BCUT2D eigenvalue weighted by Crippen LogP contribution is 2.40. The summed E-state index contributed by atoms with van der Waals surface area (Å²) in [7, 11) is 3.45. The summed E-state index contributed by atoms with van der Waals surface area (Å²) in [4.78, 5) is 13.4. The van der Waals surface area contributed by atoms with Crippen LogP contribution in [0.15, 0.2) is 79.4 Å². The molecule has 0 fully saturated rings. The van der Waals surface area contributed by atoms with Crippen LogP contribution < -0.4 is 4.74 Å². The standard InChI is InChI=1S/C28H25ClN4O2/c1-18-9-10-21(15-31-18)28(34,25-16-30-17-33(25)2)20-11-12-24-22(14-20)26(29)23(27(32-24)35-3)13-19-7-5-4-6-8-19/h4-12,14-17,34H,13H2,1-3H3. The zero-order valence-electron chi connectivity index (χ0n) is 19.7. The fourth-order valence-corrected chi connectivity index (χ4v) is 4.74. The summed E-state index contributed by atoms with van der Waals surface area (Å²) in [6.45, 7) is 1.91. The molecule has 0 aliphatic carbocycles. The van der Waals surface area contributed by atoms with Crippen molar-refractivity contribution in [3.63, 3.8) is 0 Å². The lowest BCUT2D eigenvalue weighted by Crippen LogP contribution is -2.31. The van der Waals surface area contributed by atoms with Crippen molar-refractivity contribution in [3.8, 4) is 5.88 Å². The summed E-state index contributed by atoms with van der Waals surface area (Å²) >= 11 is 6.99. The molecule has 5 aromatic rings. The minimum absolute atomic E-state index is 0.490. The Labute approximate surface area is 208 Å². The summed E-state index contributed by atoms with van der Waals surface area (Å²) in [5.41, 5.74) is 3.83. The van der Waals surface area contributed by atoms with Crippen molar-refractivity contribution in [2.45, 2.75) is 18.9 Å². The first kappa shape index (κ1) is 23.0. The quantitative estimate of drug-likeness (QED) is 0.358. The Morgan fingerprint density at radius 2 is 1.80 bits per heavy atom. The van der Waals surface area contributed by atoms with Gasteiger partial charge in [-0.1, -0.05) is 54.1 Å². The highest BCUT2D eigenvalue weighted by atomic mass is 35.5. The van der Waals surface area contributed by atoms with Crippen LogP contribution in [0.2, 0.25) is 5.02 Å². The highest BCUT2D eigenvalue weighted by molar-refractivity contribution is 6.36. The van der Waals surface area contributed by atoms with Gasteiger partial charge in [-0.2, -0.15) is 0 Å². The molecule has 0 spiro atoms. The summed E-state index contributed by atoms with van der Waals surface area (Å²) in [6, 6.07) is 19.4. The van der Waals surface area contributed by atoms with Gasteiger partial charge in [-0.15, -0.1) is 0 Å². The molecule has 176 valence electrons. The number of fused-ring (bicyclic) bond motifs is 1. The zero-order valence-corrected chi connectivity index (χ0v) is 20.5. The van der Waals surface area contributed by atoms with E-state index in [1.54, 1.807) is 30.4 Å². The fraction of sp³-hybridized carbons (Fsp3) is 0.179.